The van der Waals surface area contributed by atoms with E-state index < -0.39 is 0 Å². The summed E-state index contributed by atoms with van der Waals surface area (Å²) >= 11 is 0. The molecule has 0 saturated heterocycles. The summed E-state index contributed by atoms with van der Waals surface area (Å²) in [5.41, 5.74) is 1.28. The predicted octanol–water partition coefficient (Wildman–Crippen LogP) is 2.37. The lowest BCUT2D eigenvalue weighted by atomic mass is 10.3. The van der Waals surface area contributed by atoms with Crippen molar-refractivity contribution < 1.29 is 9.53 Å². The van der Waals surface area contributed by atoms with Crippen LogP contribution in [0.4, 0.5) is 5.69 Å². The predicted molar refractivity (Wildman–Crippen MR) is 69.4 cm³/mol. The quantitative estimate of drug-likeness (QED) is 0.582. The first kappa shape index (κ1) is 13.1. The lowest BCUT2D eigenvalue weighted by Gasteiger charge is -2.21. The molecule has 1 heterocycles. The number of H-pyrrole nitrogens is 1. The molecule has 1 rings (SSSR count). The van der Waals surface area contributed by atoms with Crippen LogP contribution in [0.5, 0.6) is 0 Å². The molecule has 0 amide bonds. The number of hydrogen-bond acceptors (Lipinski definition) is 3. The number of aromatic nitrogens is 1. The van der Waals surface area contributed by atoms with Crippen LogP contribution >= 0.6 is 0 Å². The maximum atomic E-state index is 11.7. The van der Waals surface area contributed by atoms with Crippen LogP contribution in [-0.2, 0) is 4.74 Å². The topological polar surface area (TPSA) is 45.3 Å². The van der Waals surface area contributed by atoms with E-state index in [2.05, 4.69) is 18.1 Å². The molecule has 1 aromatic heterocycles. The first-order valence-corrected chi connectivity index (χ1v) is 5.55. The minimum atomic E-state index is -0.342. The maximum Gasteiger partial charge on any atom is 0.356 e. The Morgan fingerprint density at radius 3 is 2.65 bits per heavy atom. The highest BCUT2D eigenvalue weighted by atomic mass is 16.5. The van der Waals surface area contributed by atoms with Gasteiger partial charge in [-0.05, 0) is 13.0 Å². The van der Waals surface area contributed by atoms with Crippen LogP contribution in [0.25, 0.3) is 0 Å². The summed E-state index contributed by atoms with van der Waals surface area (Å²) in [5.74, 6) is -0.342. The van der Waals surface area contributed by atoms with Gasteiger partial charge in [-0.15, -0.1) is 13.2 Å². The van der Waals surface area contributed by atoms with E-state index >= 15 is 0 Å². The van der Waals surface area contributed by atoms with E-state index in [9.17, 15) is 4.79 Å². The van der Waals surface area contributed by atoms with E-state index in [4.69, 9.17) is 4.74 Å². The number of rotatable bonds is 7. The van der Waals surface area contributed by atoms with E-state index in [1.54, 1.807) is 25.3 Å². The maximum absolute atomic E-state index is 11.7. The van der Waals surface area contributed by atoms with Crippen molar-refractivity contribution in [3.05, 3.63) is 43.3 Å². The average molecular weight is 234 g/mol. The van der Waals surface area contributed by atoms with Crippen LogP contribution in [0.1, 0.15) is 17.4 Å². The number of carbonyl (C=O) groups is 1. The van der Waals surface area contributed by atoms with E-state index in [-0.39, 0.29) is 5.97 Å². The van der Waals surface area contributed by atoms with Gasteiger partial charge in [0, 0.05) is 19.3 Å². The van der Waals surface area contributed by atoms with Gasteiger partial charge in [0.1, 0.15) is 5.69 Å². The summed E-state index contributed by atoms with van der Waals surface area (Å²) < 4.78 is 4.98. The largest absolute Gasteiger partial charge is 0.461 e. The van der Waals surface area contributed by atoms with Crippen molar-refractivity contribution >= 4 is 11.7 Å². The van der Waals surface area contributed by atoms with E-state index in [0.717, 1.165) is 5.69 Å². The lowest BCUT2D eigenvalue weighted by Crippen LogP contribution is -2.25. The fourth-order valence-corrected chi connectivity index (χ4v) is 1.57. The van der Waals surface area contributed by atoms with Crippen molar-refractivity contribution in [2.24, 2.45) is 0 Å². The van der Waals surface area contributed by atoms with Crippen LogP contribution in [0.2, 0.25) is 0 Å². The highest BCUT2D eigenvalue weighted by Crippen LogP contribution is 2.20. The summed E-state index contributed by atoms with van der Waals surface area (Å²) in [6.07, 6.45) is 5.29. The molecule has 0 aromatic carbocycles. The number of ether oxygens (including phenoxy) is 1. The zero-order valence-corrected chi connectivity index (χ0v) is 10.1. The van der Waals surface area contributed by atoms with Crippen molar-refractivity contribution in [2.45, 2.75) is 6.92 Å². The van der Waals surface area contributed by atoms with Crippen LogP contribution in [0.15, 0.2) is 37.6 Å². The summed E-state index contributed by atoms with van der Waals surface area (Å²) in [4.78, 5) is 16.6. The van der Waals surface area contributed by atoms with Gasteiger partial charge in [0.05, 0.1) is 12.3 Å². The zero-order chi connectivity index (χ0) is 12.7. The second-order valence-electron chi connectivity index (χ2n) is 3.44. The Morgan fingerprint density at radius 2 is 2.12 bits per heavy atom. The molecule has 0 fully saturated rings. The Labute approximate surface area is 102 Å². The van der Waals surface area contributed by atoms with Crippen LogP contribution in [0.3, 0.4) is 0 Å². The van der Waals surface area contributed by atoms with Gasteiger partial charge in [0.15, 0.2) is 0 Å². The third kappa shape index (κ3) is 3.24. The Hall–Kier alpha value is -1.97. The second-order valence-corrected chi connectivity index (χ2v) is 3.44. The summed E-state index contributed by atoms with van der Waals surface area (Å²) in [7, 11) is 0. The van der Waals surface area contributed by atoms with Crippen LogP contribution < -0.4 is 4.90 Å². The molecule has 1 aromatic rings. The SMILES string of the molecule is C=CCN(CC=C)c1cc[nH]c1C(=O)OCC. The number of nitrogens with zero attached hydrogens (tertiary/aromatic N) is 1. The molecule has 4 heteroatoms. The molecule has 1 N–H and O–H groups in total. The number of anilines is 1. The van der Waals surface area contributed by atoms with Crippen molar-refractivity contribution in [1.29, 1.82) is 0 Å². The fraction of sp³-hybridized carbons (Fsp3) is 0.308. The number of aromatic amines is 1. The Kier molecular flexibility index (Phi) is 5.07. The Bertz CT molecular complexity index is 386. The van der Waals surface area contributed by atoms with E-state index in [1.807, 2.05) is 11.0 Å². The van der Waals surface area contributed by atoms with E-state index in [1.165, 1.54) is 0 Å². The number of esters is 1. The summed E-state index contributed by atoms with van der Waals surface area (Å²) in [6, 6.07) is 1.85. The molecule has 0 unspecified atom stereocenters. The monoisotopic (exact) mass is 234 g/mol. The third-order valence-electron chi connectivity index (χ3n) is 2.24. The minimum Gasteiger partial charge on any atom is -0.461 e. The second kappa shape index (κ2) is 6.58. The van der Waals surface area contributed by atoms with Gasteiger partial charge >= 0.3 is 5.97 Å². The smallest absolute Gasteiger partial charge is 0.356 e. The third-order valence-corrected chi connectivity index (χ3v) is 2.24. The molecule has 0 radical (unpaired) electrons. The molecule has 4 nitrogen and oxygen atoms in total. The molecule has 0 saturated carbocycles. The fourth-order valence-electron chi connectivity index (χ4n) is 1.57. The van der Waals surface area contributed by atoms with Gasteiger partial charge in [-0.25, -0.2) is 4.79 Å². The van der Waals surface area contributed by atoms with Gasteiger partial charge in [0.2, 0.25) is 0 Å². The first-order valence-electron chi connectivity index (χ1n) is 5.55. The first-order chi connectivity index (χ1) is 8.24. The highest BCUT2D eigenvalue weighted by molar-refractivity contribution is 5.94. The number of hydrogen-bond donors (Lipinski definition) is 1. The average Bonchev–Trinajstić information content (AvgIpc) is 2.78. The standard InChI is InChI=1S/C13H18N2O2/c1-4-9-15(10-5-2)11-7-8-14-12(11)13(16)17-6-3/h4-5,7-8,14H,1-2,6,9-10H2,3H3. The molecule has 0 aliphatic rings. The molecule has 0 bridgehead atoms. The summed E-state index contributed by atoms with van der Waals surface area (Å²) in [6.45, 7) is 10.8. The normalized spacial score (nSPS) is 9.71. The van der Waals surface area contributed by atoms with Gasteiger partial charge in [0.25, 0.3) is 0 Å². The van der Waals surface area contributed by atoms with Gasteiger partial charge in [-0.2, -0.15) is 0 Å². The van der Waals surface area contributed by atoms with Crippen LogP contribution in [-0.4, -0.2) is 30.6 Å². The van der Waals surface area contributed by atoms with Gasteiger partial charge in [-0.3, -0.25) is 0 Å². The molecule has 0 aliphatic heterocycles. The zero-order valence-electron chi connectivity index (χ0n) is 10.1. The minimum absolute atomic E-state index is 0.342. The molecule has 0 atom stereocenters. The van der Waals surface area contributed by atoms with Gasteiger partial charge < -0.3 is 14.6 Å². The molecule has 0 spiro atoms. The number of carbonyl (C=O) groups excluding carboxylic acids is 1. The van der Waals surface area contributed by atoms with Crippen molar-refractivity contribution in [1.82, 2.24) is 4.98 Å². The van der Waals surface area contributed by atoms with E-state index in [0.29, 0.717) is 25.4 Å². The van der Waals surface area contributed by atoms with Crippen LogP contribution in [0, 0.1) is 0 Å². The molecule has 17 heavy (non-hydrogen) atoms. The van der Waals surface area contributed by atoms with Crippen molar-refractivity contribution in [3.8, 4) is 0 Å². The summed E-state index contributed by atoms with van der Waals surface area (Å²) in [5, 5.41) is 0. The lowest BCUT2D eigenvalue weighted by molar-refractivity contribution is 0.0521. The molecular weight excluding hydrogens is 216 g/mol. The molecule has 92 valence electrons. The molecule has 0 aliphatic carbocycles. The van der Waals surface area contributed by atoms with Crippen molar-refractivity contribution in [2.75, 3.05) is 24.6 Å². The highest BCUT2D eigenvalue weighted by Gasteiger charge is 2.17. The Balaban J connectivity index is 2.94. The Morgan fingerprint density at radius 1 is 1.47 bits per heavy atom. The van der Waals surface area contributed by atoms with Crippen molar-refractivity contribution in [3.63, 3.8) is 0 Å². The molecular formula is C13H18N2O2. The number of nitrogens with one attached hydrogen (secondary N) is 1. The van der Waals surface area contributed by atoms with Gasteiger partial charge in [-0.1, -0.05) is 12.2 Å².